The number of aromatic nitrogens is 2. The van der Waals surface area contributed by atoms with Crippen LogP contribution in [0.2, 0.25) is 0 Å². The molecule has 0 saturated heterocycles. The Morgan fingerprint density at radius 3 is 2.57 bits per heavy atom. The van der Waals surface area contributed by atoms with E-state index in [-0.39, 0.29) is 16.9 Å². The van der Waals surface area contributed by atoms with Gasteiger partial charge < -0.3 is 9.26 Å². The van der Waals surface area contributed by atoms with Gasteiger partial charge in [-0.1, -0.05) is 25.9 Å². The highest BCUT2D eigenvalue weighted by Gasteiger charge is 2.22. The molecule has 0 amide bonds. The SMILES string of the molecule is CC(C)(C)c1cc(S(N)(=O)=O)ccc1OCc1ncon1. The molecule has 0 atom stereocenters. The second-order valence-corrected chi connectivity index (χ2v) is 7.15. The molecule has 0 bridgehead atoms. The fourth-order valence-electron chi connectivity index (χ4n) is 1.80. The van der Waals surface area contributed by atoms with Crippen molar-refractivity contribution >= 4 is 10.0 Å². The Morgan fingerprint density at radius 1 is 1.33 bits per heavy atom. The van der Waals surface area contributed by atoms with Gasteiger partial charge in [0.2, 0.25) is 22.2 Å². The molecule has 2 aromatic rings. The van der Waals surface area contributed by atoms with Crippen LogP contribution in [0, 0.1) is 0 Å². The molecule has 114 valence electrons. The highest BCUT2D eigenvalue weighted by Crippen LogP contribution is 2.33. The molecule has 0 unspecified atom stereocenters. The van der Waals surface area contributed by atoms with E-state index in [0.29, 0.717) is 11.6 Å². The Balaban J connectivity index is 2.36. The zero-order chi connectivity index (χ0) is 15.7. The molecule has 0 aliphatic heterocycles. The number of nitrogens with zero attached hydrogens (tertiary/aromatic N) is 2. The first-order valence-corrected chi connectivity index (χ1v) is 7.78. The summed E-state index contributed by atoms with van der Waals surface area (Å²) in [6.07, 6.45) is 1.22. The van der Waals surface area contributed by atoms with Gasteiger partial charge in [0.15, 0.2) is 6.61 Å². The summed E-state index contributed by atoms with van der Waals surface area (Å²) in [6.45, 7) is 6.00. The van der Waals surface area contributed by atoms with Gasteiger partial charge >= 0.3 is 0 Å². The van der Waals surface area contributed by atoms with Crippen LogP contribution in [0.15, 0.2) is 34.0 Å². The largest absolute Gasteiger partial charge is 0.485 e. The minimum Gasteiger partial charge on any atom is -0.485 e. The van der Waals surface area contributed by atoms with Crippen molar-refractivity contribution in [3.63, 3.8) is 0 Å². The number of nitrogens with two attached hydrogens (primary N) is 1. The molecular weight excluding hydrogens is 294 g/mol. The number of rotatable bonds is 4. The van der Waals surface area contributed by atoms with Gasteiger partial charge in [0.25, 0.3) is 0 Å². The van der Waals surface area contributed by atoms with Crippen LogP contribution in [-0.4, -0.2) is 18.6 Å². The standard InChI is InChI=1S/C13H17N3O4S/c1-13(2,3)10-6-9(21(14,17)18)4-5-11(10)19-7-12-15-8-20-16-12/h4-6,8H,7H2,1-3H3,(H2,14,17,18). The number of hydrogen-bond donors (Lipinski definition) is 1. The van der Waals surface area contributed by atoms with Crippen LogP contribution < -0.4 is 9.88 Å². The zero-order valence-electron chi connectivity index (χ0n) is 12.0. The van der Waals surface area contributed by atoms with E-state index < -0.39 is 10.0 Å². The second kappa shape index (κ2) is 5.45. The first-order valence-electron chi connectivity index (χ1n) is 6.23. The highest BCUT2D eigenvalue weighted by molar-refractivity contribution is 7.89. The van der Waals surface area contributed by atoms with Crippen molar-refractivity contribution in [2.75, 3.05) is 0 Å². The number of primary sulfonamides is 1. The summed E-state index contributed by atoms with van der Waals surface area (Å²) in [6, 6.07) is 4.53. The second-order valence-electron chi connectivity index (χ2n) is 5.59. The fraction of sp³-hybridized carbons (Fsp3) is 0.385. The van der Waals surface area contributed by atoms with Crippen LogP contribution in [-0.2, 0) is 22.0 Å². The maximum absolute atomic E-state index is 11.5. The summed E-state index contributed by atoms with van der Waals surface area (Å²) in [4.78, 5) is 3.92. The summed E-state index contributed by atoms with van der Waals surface area (Å²) in [5, 5.41) is 8.82. The van der Waals surface area contributed by atoms with Gasteiger partial charge in [0.1, 0.15) is 5.75 Å². The minimum atomic E-state index is -3.76. The molecule has 8 heteroatoms. The van der Waals surface area contributed by atoms with Crippen LogP contribution in [0.3, 0.4) is 0 Å². The molecular formula is C13H17N3O4S. The Bertz CT molecular complexity index is 718. The normalized spacial score (nSPS) is 12.4. The monoisotopic (exact) mass is 311 g/mol. The van der Waals surface area contributed by atoms with Crippen molar-refractivity contribution in [1.29, 1.82) is 0 Å². The molecule has 0 saturated carbocycles. The average Bonchev–Trinajstić information content (AvgIpc) is 2.87. The fourth-order valence-corrected chi connectivity index (χ4v) is 2.34. The predicted molar refractivity (Wildman–Crippen MR) is 75.1 cm³/mol. The van der Waals surface area contributed by atoms with Crippen LogP contribution in [0.25, 0.3) is 0 Å². The lowest BCUT2D eigenvalue weighted by Gasteiger charge is -2.23. The lowest BCUT2D eigenvalue weighted by Crippen LogP contribution is -2.17. The molecule has 0 radical (unpaired) electrons. The van der Waals surface area contributed by atoms with Crippen LogP contribution in [0.1, 0.15) is 32.2 Å². The van der Waals surface area contributed by atoms with Gasteiger partial charge in [-0.05, 0) is 23.6 Å². The smallest absolute Gasteiger partial charge is 0.238 e. The Kier molecular flexibility index (Phi) is 4.02. The highest BCUT2D eigenvalue weighted by atomic mass is 32.2. The van der Waals surface area contributed by atoms with E-state index in [0.717, 1.165) is 5.56 Å². The van der Waals surface area contributed by atoms with E-state index in [1.165, 1.54) is 18.5 Å². The van der Waals surface area contributed by atoms with Gasteiger partial charge in [-0.2, -0.15) is 4.98 Å². The third kappa shape index (κ3) is 3.79. The van der Waals surface area contributed by atoms with E-state index in [2.05, 4.69) is 14.7 Å². The summed E-state index contributed by atoms with van der Waals surface area (Å²) < 4.78 is 33.2. The first kappa shape index (κ1) is 15.5. The summed E-state index contributed by atoms with van der Waals surface area (Å²) in [7, 11) is -3.76. The maximum atomic E-state index is 11.5. The predicted octanol–water partition coefficient (Wildman–Crippen LogP) is 1.59. The Morgan fingerprint density at radius 2 is 2.05 bits per heavy atom. The Hall–Kier alpha value is -1.93. The molecule has 2 rings (SSSR count). The minimum absolute atomic E-state index is 0.0549. The molecule has 1 aromatic heterocycles. The van der Waals surface area contributed by atoms with E-state index >= 15 is 0 Å². The van der Waals surface area contributed by atoms with Crippen molar-refractivity contribution in [3.05, 3.63) is 36.0 Å². The molecule has 1 heterocycles. The zero-order valence-corrected chi connectivity index (χ0v) is 12.8. The van der Waals surface area contributed by atoms with Crippen molar-refractivity contribution < 1.29 is 17.7 Å². The third-order valence-electron chi connectivity index (χ3n) is 2.85. The van der Waals surface area contributed by atoms with E-state index in [1.54, 1.807) is 6.07 Å². The van der Waals surface area contributed by atoms with Crippen molar-refractivity contribution in [2.45, 2.75) is 37.7 Å². The summed E-state index contributed by atoms with van der Waals surface area (Å²) in [5.41, 5.74) is 0.422. The third-order valence-corrected chi connectivity index (χ3v) is 3.76. The number of hydrogen-bond acceptors (Lipinski definition) is 6. The Labute approximate surface area is 123 Å². The lowest BCUT2D eigenvalue weighted by atomic mass is 9.86. The lowest BCUT2D eigenvalue weighted by molar-refractivity contribution is 0.279. The van der Waals surface area contributed by atoms with E-state index in [4.69, 9.17) is 9.88 Å². The molecule has 1 aromatic carbocycles. The molecule has 0 spiro atoms. The van der Waals surface area contributed by atoms with Gasteiger partial charge in [0, 0.05) is 5.56 Å². The quantitative estimate of drug-likeness (QED) is 0.918. The van der Waals surface area contributed by atoms with Gasteiger partial charge in [-0.3, -0.25) is 0 Å². The maximum Gasteiger partial charge on any atom is 0.238 e. The summed E-state index contributed by atoms with van der Waals surface area (Å²) >= 11 is 0. The van der Waals surface area contributed by atoms with E-state index in [9.17, 15) is 8.42 Å². The number of benzene rings is 1. The molecule has 0 fully saturated rings. The van der Waals surface area contributed by atoms with Crippen molar-refractivity contribution in [3.8, 4) is 5.75 Å². The van der Waals surface area contributed by atoms with Crippen molar-refractivity contribution in [2.24, 2.45) is 5.14 Å². The van der Waals surface area contributed by atoms with Crippen LogP contribution >= 0.6 is 0 Å². The molecule has 2 N–H and O–H groups in total. The van der Waals surface area contributed by atoms with Crippen LogP contribution in [0.5, 0.6) is 5.75 Å². The molecule has 0 aliphatic rings. The summed E-state index contributed by atoms with van der Waals surface area (Å²) in [5.74, 6) is 0.963. The van der Waals surface area contributed by atoms with E-state index in [1.807, 2.05) is 20.8 Å². The molecule has 0 aliphatic carbocycles. The van der Waals surface area contributed by atoms with Crippen LogP contribution in [0.4, 0.5) is 0 Å². The number of sulfonamides is 1. The first-order chi connectivity index (χ1) is 9.68. The van der Waals surface area contributed by atoms with Gasteiger partial charge in [0.05, 0.1) is 4.90 Å². The topological polar surface area (TPSA) is 108 Å². The van der Waals surface area contributed by atoms with Crippen molar-refractivity contribution in [1.82, 2.24) is 10.1 Å². The average molecular weight is 311 g/mol. The van der Waals surface area contributed by atoms with Gasteiger partial charge in [-0.15, -0.1) is 0 Å². The number of ether oxygens (including phenoxy) is 1. The van der Waals surface area contributed by atoms with Gasteiger partial charge in [-0.25, -0.2) is 13.6 Å². The molecule has 21 heavy (non-hydrogen) atoms. The molecule has 7 nitrogen and oxygen atoms in total.